The number of anilines is 3. The Kier molecular flexibility index (Phi) is 5.32. The first-order valence-corrected chi connectivity index (χ1v) is 9.93. The first-order valence-electron chi connectivity index (χ1n) is 9.05. The molecule has 0 spiro atoms. The zero-order chi connectivity index (χ0) is 20.4. The maximum atomic E-state index is 12.2. The summed E-state index contributed by atoms with van der Waals surface area (Å²) >= 11 is 1.43. The molecular weight excluding hydrogens is 394 g/mol. The standard InChI is InChI=1S/C18H21N7O3S/c1-11-9-24(28-18(26)21-12-3-5-13(27-2)6-4-12)7-8-25(11)15-14-16(29-10-20-14)23-17(19)22-15/h3-6,10-11H,7-9H2,1-2H3,(H,21,26)(H2,19,22,23)/t11-/m0/s1. The Labute approximate surface area is 171 Å². The van der Waals surface area contributed by atoms with Gasteiger partial charge in [0, 0.05) is 18.3 Å². The molecule has 3 N–H and O–H groups in total. The van der Waals surface area contributed by atoms with E-state index in [0.29, 0.717) is 36.9 Å². The number of carbonyl (C=O) groups is 1. The van der Waals surface area contributed by atoms with Crippen molar-refractivity contribution in [1.29, 1.82) is 0 Å². The predicted octanol–water partition coefficient (Wildman–Crippen LogP) is 2.35. The molecule has 1 aliphatic rings. The molecule has 10 nitrogen and oxygen atoms in total. The fourth-order valence-corrected chi connectivity index (χ4v) is 3.88. The molecule has 0 aliphatic carbocycles. The average Bonchev–Trinajstić information content (AvgIpc) is 3.16. The highest BCUT2D eigenvalue weighted by Crippen LogP contribution is 2.28. The zero-order valence-electron chi connectivity index (χ0n) is 16.0. The second-order valence-corrected chi connectivity index (χ2v) is 7.41. The van der Waals surface area contributed by atoms with E-state index in [-0.39, 0.29) is 12.0 Å². The number of rotatable bonds is 4. The third-order valence-corrected chi connectivity index (χ3v) is 5.33. The summed E-state index contributed by atoms with van der Waals surface area (Å²) in [5.41, 5.74) is 8.95. The maximum absolute atomic E-state index is 12.2. The van der Waals surface area contributed by atoms with Crippen molar-refractivity contribution in [2.45, 2.75) is 13.0 Å². The van der Waals surface area contributed by atoms with Crippen molar-refractivity contribution in [2.75, 3.05) is 42.7 Å². The number of hydrogen-bond acceptors (Lipinski definition) is 10. The molecule has 3 heterocycles. The minimum Gasteiger partial charge on any atom is -0.497 e. The number of nitrogen functional groups attached to an aromatic ring is 1. The largest absolute Gasteiger partial charge is 0.497 e. The summed E-state index contributed by atoms with van der Waals surface area (Å²) < 4.78 is 5.11. The van der Waals surface area contributed by atoms with Gasteiger partial charge in [-0.05, 0) is 31.2 Å². The molecule has 1 aromatic carbocycles. The smallest absolute Gasteiger partial charge is 0.430 e. The number of benzene rings is 1. The highest BCUT2D eigenvalue weighted by molar-refractivity contribution is 7.16. The van der Waals surface area contributed by atoms with Crippen molar-refractivity contribution in [3.63, 3.8) is 0 Å². The molecule has 29 heavy (non-hydrogen) atoms. The first kappa shape index (κ1) is 19.2. The topological polar surface area (TPSA) is 119 Å². The van der Waals surface area contributed by atoms with Crippen molar-refractivity contribution in [3.8, 4) is 5.75 Å². The number of piperazine rings is 1. The second-order valence-electron chi connectivity index (χ2n) is 6.57. The number of hydroxylamine groups is 2. The van der Waals surface area contributed by atoms with Crippen molar-refractivity contribution in [1.82, 2.24) is 20.0 Å². The zero-order valence-corrected chi connectivity index (χ0v) is 16.8. The average molecular weight is 415 g/mol. The lowest BCUT2D eigenvalue weighted by atomic mass is 10.2. The minimum atomic E-state index is -0.538. The van der Waals surface area contributed by atoms with Gasteiger partial charge in [0.15, 0.2) is 10.6 Å². The van der Waals surface area contributed by atoms with E-state index in [1.807, 2.05) is 6.92 Å². The van der Waals surface area contributed by atoms with Gasteiger partial charge in [-0.2, -0.15) is 4.98 Å². The van der Waals surface area contributed by atoms with Crippen LogP contribution >= 0.6 is 11.3 Å². The molecule has 1 saturated heterocycles. The van der Waals surface area contributed by atoms with Gasteiger partial charge in [0.25, 0.3) is 0 Å². The van der Waals surface area contributed by atoms with E-state index >= 15 is 0 Å². The van der Waals surface area contributed by atoms with Gasteiger partial charge in [-0.15, -0.1) is 16.4 Å². The number of carbonyl (C=O) groups excluding carboxylic acids is 1. The molecule has 3 aromatic rings. The molecule has 0 radical (unpaired) electrons. The number of nitrogens with zero attached hydrogens (tertiary/aromatic N) is 5. The molecule has 0 saturated carbocycles. The lowest BCUT2D eigenvalue weighted by Crippen LogP contribution is -2.53. The summed E-state index contributed by atoms with van der Waals surface area (Å²) in [6, 6.07) is 7.07. The summed E-state index contributed by atoms with van der Waals surface area (Å²) in [4.78, 5) is 33.5. The molecule has 4 rings (SSSR count). The van der Waals surface area contributed by atoms with Crippen LogP contribution in [0, 0.1) is 0 Å². The maximum Gasteiger partial charge on any atom is 0.430 e. The van der Waals surface area contributed by atoms with E-state index in [0.717, 1.165) is 10.3 Å². The quantitative estimate of drug-likeness (QED) is 0.662. The molecule has 2 aromatic heterocycles. The van der Waals surface area contributed by atoms with Gasteiger partial charge < -0.3 is 20.2 Å². The van der Waals surface area contributed by atoms with Crippen LogP contribution in [0.5, 0.6) is 5.75 Å². The molecule has 1 aliphatic heterocycles. The van der Waals surface area contributed by atoms with Crippen LogP contribution in [0.15, 0.2) is 29.8 Å². The number of hydrogen-bond donors (Lipinski definition) is 2. The Hall–Kier alpha value is -3.18. The number of aromatic nitrogens is 3. The van der Waals surface area contributed by atoms with Crippen LogP contribution in [0.25, 0.3) is 10.3 Å². The van der Waals surface area contributed by atoms with Crippen LogP contribution in [-0.4, -0.2) is 58.9 Å². The Bertz CT molecular complexity index is 1010. The third kappa shape index (κ3) is 4.15. The summed E-state index contributed by atoms with van der Waals surface area (Å²) in [5, 5.41) is 4.35. The van der Waals surface area contributed by atoms with Crippen LogP contribution in [0.1, 0.15) is 6.92 Å². The Balaban J connectivity index is 1.38. The molecule has 11 heteroatoms. The molecule has 152 valence electrons. The lowest BCUT2D eigenvalue weighted by molar-refractivity contribution is -0.103. The Morgan fingerprint density at radius 1 is 1.28 bits per heavy atom. The normalized spacial score (nSPS) is 17.3. The van der Waals surface area contributed by atoms with E-state index in [9.17, 15) is 4.79 Å². The molecule has 0 unspecified atom stereocenters. The number of thiazole rings is 1. The van der Waals surface area contributed by atoms with Crippen LogP contribution < -0.4 is 20.7 Å². The molecule has 1 fully saturated rings. The summed E-state index contributed by atoms with van der Waals surface area (Å²) in [6.45, 7) is 3.69. The first-order chi connectivity index (χ1) is 14.0. The third-order valence-electron chi connectivity index (χ3n) is 4.61. The van der Waals surface area contributed by atoms with E-state index in [1.54, 1.807) is 41.9 Å². The van der Waals surface area contributed by atoms with Gasteiger partial charge in [-0.1, -0.05) is 0 Å². The summed E-state index contributed by atoms with van der Waals surface area (Å²) in [5.74, 6) is 1.65. The highest BCUT2D eigenvalue weighted by atomic mass is 32.1. The second kappa shape index (κ2) is 8.05. The SMILES string of the molecule is COc1ccc(NC(=O)ON2CCN(c3nc(N)nc4scnc34)[C@@H](C)C2)cc1. The van der Waals surface area contributed by atoms with Gasteiger partial charge in [-0.25, -0.2) is 14.8 Å². The number of nitrogens with one attached hydrogen (secondary N) is 1. The molecule has 1 amide bonds. The van der Waals surface area contributed by atoms with E-state index in [1.165, 1.54) is 11.3 Å². The summed E-state index contributed by atoms with van der Waals surface area (Å²) in [6.07, 6.45) is -0.538. The van der Waals surface area contributed by atoms with E-state index < -0.39 is 6.09 Å². The number of methoxy groups -OCH3 is 1. The van der Waals surface area contributed by atoms with Crippen LogP contribution in [0.2, 0.25) is 0 Å². The van der Waals surface area contributed by atoms with Gasteiger partial charge in [0.05, 0.1) is 25.7 Å². The predicted molar refractivity (Wildman–Crippen MR) is 111 cm³/mol. The number of ether oxygens (including phenoxy) is 1. The Morgan fingerprint density at radius 2 is 2.07 bits per heavy atom. The fraction of sp³-hybridized carbons (Fsp3) is 0.333. The van der Waals surface area contributed by atoms with E-state index in [4.69, 9.17) is 15.3 Å². The number of amides is 1. The monoisotopic (exact) mass is 415 g/mol. The van der Waals surface area contributed by atoms with Crippen molar-refractivity contribution in [2.24, 2.45) is 0 Å². The van der Waals surface area contributed by atoms with Crippen LogP contribution in [0.3, 0.4) is 0 Å². The van der Waals surface area contributed by atoms with Gasteiger partial charge in [-0.3, -0.25) is 5.32 Å². The molecular formula is C18H21N7O3S. The van der Waals surface area contributed by atoms with Gasteiger partial charge in [0.1, 0.15) is 11.3 Å². The summed E-state index contributed by atoms with van der Waals surface area (Å²) in [7, 11) is 1.59. The minimum absolute atomic E-state index is 0.0386. The van der Waals surface area contributed by atoms with Crippen LogP contribution in [0.4, 0.5) is 22.2 Å². The Morgan fingerprint density at radius 3 is 2.79 bits per heavy atom. The fourth-order valence-electron chi connectivity index (χ4n) is 3.22. The van der Waals surface area contributed by atoms with Crippen molar-refractivity contribution in [3.05, 3.63) is 29.8 Å². The van der Waals surface area contributed by atoms with E-state index in [2.05, 4.69) is 25.2 Å². The van der Waals surface area contributed by atoms with Crippen LogP contribution in [-0.2, 0) is 4.84 Å². The molecule has 1 atom stereocenters. The van der Waals surface area contributed by atoms with Crippen molar-refractivity contribution >= 4 is 45.2 Å². The molecule has 0 bridgehead atoms. The van der Waals surface area contributed by atoms with Gasteiger partial charge in [0.2, 0.25) is 5.95 Å². The lowest BCUT2D eigenvalue weighted by Gasteiger charge is -2.39. The number of nitrogens with two attached hydrogens (primary N) is 1. The van der Waals surface area contributed by atoms with Crippen molar-refractivity contribution < 1.29 is 14.4 Å². The van der Waals surface area contributed by atoms with Gasteiger partial charge >= 0.3 is 6.09 Å². The number of fused-ring (bicyclic) bond motifs is 1. The highest BCUT2D eigenvalue weighted by Gasteiger charge is 2.29.